The fraction of sp³-hybridized carbons (Fsp3) is 0.700. The predicted molar refractivity (Wildman–Crippen MR) is 50.2 cm³/mol. The van der Waals surface area contributed by atoms with Crippen LogP contribution in [-0.4, -0.2) is 10.9 Å². The fourth-order valence-electron chi connectivity index (χ4n) is 1.04. The van der Waals surface area contributed by atoms with Crippen LogP contribution in [0.15, 0.2) is 11.8 Å². The average Bonchev–Trinajstić information content (AvgIpc) is 1.97. The van der Waals surface area contributed by atoms with Gasteiger partial charge in [0.15, 0.2) is 5.78 Å². The standard InChI is InChI=1S/C10H18O2/c1-3-4-5-6-7-10(12)8-9(2)11/h8,12H,3-7H2,1-2H3/b10-8-. The van der Waals surface area contributed by atoms with Crippen molar-refractivity contribution in [2.75, 3.05) is 0 Å². The molecular formula is C10H18O2. The van der Waals surface area contributed by atoms with Crippen LogP contribution in [0.4, 0.5) is 0 Å². The van der Waals surface area contributed by atoms with Gasteiger partial charge in [-0.15, -0.1) is 0 Å². The molecule has 0 rings (SSSR count). The molecule has 0 aromatic heterocycles. The zero-order valence-corrected chi connectivity index (χ0v) is 7.97. The summed E-state index contributed by atoms with van der Waals surface area (Å²) in [6.45, 7) is 3.59. The molecule has 0 radical (unpaired) electrons. The highest BCUT2D eigenvalue weighted by molar-refractivity contribution is 5.87. The number of allylic oxidation sites excluding steroid dienone is 2. The van der Waals surface area contributed by atoms with Gasteiger partial charge in [-0.1, -0.05) is 26.2 Å². The van der Waals surface area contributed by atoms with Crippen LogP contribution < -0.4 is 0 Å². The molecule has 0 saturated heterocycles. The van der Waals surface area contributed by atoms with Crippen molar-refractivity contribution in [2.24, 2.45) is 0 Å². The molecule has 2 heteroatoms. The Bertz CT molecular complexity index is 159. The maximum Gasteiger partial charge on any atom is 0.155 e. The molecule has 0 heterocycles. The van der Waals surface area contributed by atoms with Crippen molar-refractivity contribution in [1.29, 1.82) is 0 Å². The lowest BCUT2D eigenvalue weighted by Crippen LogP contribution is -1.88. The number of carbonyl (C=O) groups is 1. The molecule has 0 bridgehead atoms. The summed E-state index contributed by atoms with van der Waals surface area (Å²) < 4.78 is 0. The number of carbonyl (C=O) groups excluding carboxylic acids is 1. The summed E-state index contributed by atoms with van der Waals surface area (Å²) >= 11 is 0. The Kier molecular flexibility index (Phi) is 6.44. The topological polar surface area (TPSA) is 37.3 Å². The molecule has 70 valence electrons. The van der Waals surface area contributed by atoms with Crippen LogP contribution in [0.3, 0.4) is 0 Å². The van der Waals surface area contributed by atoms with Gasteiger partial charge in [-0.05, 0) is 13.3 Å². The second-order valence-corrected chi connectivity index (χ2v) is 3.06. The highest BCUT2D eigenvalue weighted by Crippen LogP contribution is 2.07. The first-order chi connectivity index (χ1) is 5.66. The highest BCUT2D eigenvalue weighted by Gasteiger charge is 1.95. The molecule has 1 N–H and O–H groups in total. The van der Waals surface area contributed by atoms with Gasteiger partial charge in [0.05, 0.1) is 5.76 Å². The molecule has 0 spiro atoms. The molecule has 2 nitrogen and oxygen atoms in total. The number of ketones is 1. The maximum absolute atomic E-state index is 10.5. The molecule has 0 amide bonds. The van der Waals surface area contributed by atoms with Crippen LogP contribution in [0.5, 0.6) is 0 Å². The second-order valence-electron chi connectivity index (χ2n) is 3.06. The molecule has 0 atom stereocenters. The lowest BCUT2D eigenvalue weighted by atomic mass is 10.1. The van der Waals surface area contributed by atoms with Gasteiger partial charge in [0, 0.05) is 12.5 Å². The smallest absolute Gasteiger partial charge is 0.155 e. The Balaban J connectivity index is 3.43. The van der Waals surface area contributed by atoms with Gasteiger partial charge in [0.2, 0.25) is 0 Å². The van der Waals surface area contributed by atoms with Crippen LogP contribution in [-0.2, 0) is 4.79 Å². The van der Waals surface area contributed by atoms with Crippen molar-refractivity contribution in [3.8, 4) is 0 Å². The van der Waals surface area contributed by atoms with Gasteiger partial charge >= 0.3 is 0 Å². The summed E-state index contributed by atoms with van der Waals surface area (Å²) in [5.41, 5.74) is 0. The minimum absolute atomic E-state index is 0.0806. The van der Waals surface area contributed by atoms with Crippen molar-refractivity contribution in [2.45, 2.75) is 46.0 Å². The van der Waals surface area contributed by atoms with Crippen molar-refractivity contribution in [1.82, 2.24) is 0 Å². The Morgan fingerprint density at radius 2 is 2.00 bits per heavy atom. The first-order valence-corrected chi connectivity index (χ1v) is 4.57. The van der Waals surface area contributed by atoms with Crippen LogP contribution in [0, 0.1) is 0 Å². The molecule has 0 aromatic rings. The molecule has 0 saturated carbocycles. The summed E-state index contributed by atoms with van der Waals surface area (Å²) in [7, 11) is 0. The summed E-state index contributed by atoms with van der Waals surface area (Å²) in [6, 6.07) is 0. The van der Waals surface area contributed by atoms with Gasteiger partial charge in [-0.25, -0.2) is 0 Å². The third-order valence-corrected chi connectivity index (χ3v) is 1.66. The molecule has 12 heavy (non-hydrogen) atoms. The van der Waals surface area contributed by atoms with E-state index in [-0.39, 0.29) is 11.5 Å². The van der Waals surface area contributed by atoms with Gasteiger partial charge in [-0.3, -0.25) is 4.79 Å². The molecule has 0 fully saturated rings. The van der Waals surface area contributed by atoms with E-state index in [2.05, 4.69) is 6.92 Å². The quantitative estimate of drug-likeness (QED) is 0.378. The third kappa shape index (κ3) is 7.32. The lowest BCUT2D eigenvalue weighted by molar-refractivity contribution is -0.112. The molecule has 0 aliphatic carbocycles. The Hall–Kier alpha value is -0.790. The molecule has 0 unspecified atom stereocenters. The van der Waals surface area contributed by atoms with Gasteiger partial charge < -0.3 is 5.11 Å². The van der Waals surface area contributed by atoms with E-state index in [1.165, 1.54) is 25.8 Å². The Labute approximate surface area is 74.3 Å². The normalized spacial score (nSPS) is 11.7. The van der Waals surface area contributed by atoms with E-state index in [1.54, 1.807) is 0 Å². The average molecular weight is 170 g/mol. The first kappa shape index (κ1) is 11.2. The number of rotatable bonds is 6. The molecule has 0 aliphatic rings. The van der Waals surface area contributed by atoms with E-state index >= 15 is 0 Å². The summed E-state index contributed by atoms with van der Waals surface area (Å²) in [4.78, 5) is 10.5. The van der Waals surface area contributed by atoms with E-state index in [9.17, 15) is 4.79 Å². The largest absolute Gasteiger partial charge is 0.512 e. The zero-order chi connectivity index (χ0) is 9.40. The van der Waals surface area contributed by atoms with Gasteiger partial charge in [0.1, 0.15) is 0 Å². The monoisotopic (exact) mass is 170 g/mol. The van der Waals surface area contributed by atoms with E-state index in [0.717, 1.165) is 12.8 Å². The molecule has 0 aromatic carbocycles. The Morgan fingerprint density at radius 3 is 2.50 bits per heavy atom. The van der Waals surface area contributed by atoms with Gasteiger partial charge in [0.25, 0.3) is 0 Å². The van der Waals surface area contributed by atoms with Gasteiger partial charge in [-0.2, -0.15) is 0 Å². The number of aliphatic hydroxyl groups is 1. The number of hydrogen-bond donors (Lipinski definition) is 1. The maximum atomic E-state index is 10.5. The first-order valence-electron chi connectivity index (χ1n) is 4.57. The minimum atomic E-state index is -0.0806. The number of hydrogen-bond acceptors (Lipinski definition) is 2. The van der Waals surface area contributed by atoms with Crippen molar-refractivity contribution in [3.05, 3.63) is 11.8 Å². The van der Waals surface area contributed by atoms with Crippen molar-refractivity contribution >= 4 is 5.78 Å². The summed E-state index contributed by atoms with van der Waals surface area (Å²) in [5.74, 6) is 0.140. The van der Waals surface area contributed by atoms with Crippen molar-refractivity contribution in [3.63, 3.8) is 0 Å². The van der Waals surface area contributed by atoms with Crippen LogP contribution in [0.25, 0.3) is 0 Å². The van der Waals surface area contributed by atoms with E-state index < -0.39 is 0 Å². The lowest BCUT2D eigenvalue weighted by Gasteiger charge is -1.98. The minimum Gasteiger partial charge on any atom is -0.512 e. The number of unbranched alkanes of at least 4 members (excludes halogenated alkanes) is 3. The van der Waals surface area contributed by atoms with E-state index in [0.29, 0.717) is 6.42 Å². The van der Waals surface area contributed by atoms with E-state index in [4.69, 9.17) is 5.11 Å². The van der Waals surface area contributed by atoms with Crippen LogP contribution in [0.1, 0.15) is 46.0 Å². The fourth-order valence-corrected chi connectivity index (χ4v) is 1.04. The van der Waals surface area contributed by atoms with Crippen LogP contribution >= 0.6 is 0 Å². The summed E-state index contributed by atoms with van der Waals surface area (Å²) in [6.07, 6.45) is 6.44. The summed E-state index contributed by atoms with van der Waals surface area (Å²) in [5, 5.41) is 9.16. The number of aliphatic hydroxyl groups excluding tert-OH is 1. The van der Waals surface area contributed by atoms with Crippen LogP contribution in [0.2, 0.25) is 0 Å². The predicted octanol–water partition coefficient (Wildman–Crippen LogP) is 2.99. The van der Waals surface area contributed by atoms with Crippen molar-refractivity contribution < 1.29 is 9.90 Å². The molecular weight excluding hydrogens is 152 g/mol. The Morgan fingerprint density at radius 1 is 1.33 bits per heavy atom. The third-order valence-electron chi connectivity index (χ3n) is 1.66. The SMILES string of the molecule is CCCCCC/C(O)=C/C(C)=O. The second kappa shape index (κ2) is 6.89. The van der Waals surface area contributed by atoms with E-state index in [1.807, 2.05) is 0 Å². The zero-order valence-electron chi connectivity index (χ0n) is 7.97. The highest BCUT2D eigenvalue weighted by atomic mass is 16.3. The molecule has 0 aliphatic heterocycles.